The number of nitrogens with zero attached hydrogens (tertiary/aromatic N) is 2. The van der Waals surface area contributed by atoms with Crippen LogP contribution in [0.25, 0.3) is 0 Å². The number of carbonyl (C=O) groups is 3. The Balaban J connectivity index is 1.52. The lowest BCUT2D eigenvalue weighted by Gasteiger charge is -2.55. The maximum absolute atomic E-state index is 13.4. The van der Waals surface area contributed by atoms with Crippen molar-refractivity contribution in [1.29, 1.82) is 0 Å². The van der Waals surface area contributed by atoms with Gasteiger partial charge in [-0.1, -0.05) is 18.2 Å². The van der Waals surface area contributed by atoms with E-state index < -0.39 is 24.5 Å². The van der Waals surface area contributed by atoms with Gasteiger partial charge in [0.1, 0.15) is 5.82 Å². The molecule has 2 fully saturated rings. The molecule has 2 aliphatic carbocycles. The molecule has 3 aliphatic rings. The zero-order chi connectivity index (χ0) is 22.4. The number of ether oxygens (including phenoxy) is 1. The largest absolute Gasteiger partial charge is 0.479 e. The number of para-hydroxylation sites is 1. The molecule has 0 spiro atoms. The van der Waals surface area contributed by atoms with Crippen molar-refractivity contribution in [2.75, 3.05) is 11.5 Å². The third kappa shape index (κ3) is 3.49. The second kappa shape index (κ2) is 7.93. The molecular weight excluding hydrogens is 415 g/mol. The number of carboxylic acid groups (broad SMARTS) is 1. The van der Waals surface area contributed by atoms with E-state index in [9.17, 15) is 18.8 Å². The number of anilines is 1. The summed E-state index contributed by atoms with van der Waals surface area (Å²) in [7, 11) is 0. The number of benzene rings is 2. The highest BCUT2D eigenvalue weighted by Crippen LogP contribution is 2.54. The molecule has 7 nitrogen and oxygen atoms in total. The van der Waals surface area contributed by atoms with Gasteiger partial charge in [-0.2, -0.15) is 0 Å². The molecule has 3 atom stereocenters. The second-order valence-corrected chi connectivity index (χ2v) is 8.58. The normalized spacial score (nSPS) is 23.4. The molecule has 166 valence electrons. The second-order valence-electron chi connectivity index (χ2n) is 8.58. The average molecular weight is 438 g/mol. The molecule has 2 amide bonds. The minimum atomic E-state index is -1.20. The fraction of sp³-hybridized carbons (Fsp3) is 0.375. The first kappa shape index (κ1) is 20.5. The van der Waals surface area contributed by atoms with Crippen LogP contribution in [0.15, 0.2) is 48.5 Å². The molecule has 8 heteroatoms. The number of carbonyl (C=O) groups excluding carboxylic acids is 2. The van der Waals surface area contributed by atoms with Crippen LogP contribution < -0.4 is 4.90 Å². The summed E-state index contributed by atoms with van der Waals surface area (Å²) in [6, 6.07) is 12.7. The molecule has 2 aromatic carbocycles. The van der Waals surface area contributed by atoms with E-state index in [1.807, 2.05) is 24.3 Å². The van der Waals surface area contributed by atoms with Crippen molar-refractivity contribution in [3.8, 4) is 0 Å². The minimum Gasteiger partial charge on any atom is -0.479 e. The van der Waals surface area contributed by atoms with Crippen molar-refractivity contribution in [2.45, 2.75) is 43.8 Å². The molecule has 1 N–H and O–H groups in total. The standard InChI is InChI=1S/C24H23FN2O5/c25-15-7-5-14(6-8-15)23(30)27-19-4-2-1-3-17(19)22(18-11-12-20(18)27)26(16-9-10-16)24(31)32-13-21(28)29/h1-8,16,18,20,22H,9-13H2,(H,28,29)/t18-,20+,22-/m0/s1. The molecule has 0 unspecified atom stereocenters. The number of hydrogen-bond acceptors (Lipinski definition) is 4. The van der Waals surface area contributed by atoms with Crippen molar-refractivity contribution in [3.63, 3.8) is 0 Å². The topological polar surface area (TPSA) is 87.2 Å². The van der Waals surface area contributed by atoms with Crippen molar-refractivity contribution in [2.24, 2.45) is 5.92 Å². The summed E-state index contributed by atoms with van der Waals surface area (Å²) in [5.41, 5.74) is 1.98. The molecule has 0 aromatic heterocycles. The van der Waals surface area contributed by atoms with Gasteiger partial charge in [0, 0.05) is 29.3 Å². The van der Waals surface area contributed by atoms with Crippen LogP contribution in [0.1, 0.15) is 47.6 Å². The van der Waals surface area contributed by atoms with E-state index in [1.165, 1.54) is 24.3 Å². The number of fused-ring (bicyclic) bond motifs is 2. The fourth-order valence-corrected chi connectivity index (χ4v) is 4.95. The van der Waals surface area contributed by atoms with Crippen LogP contribution in [0, 0.1) is 11.7 Å². The maximum atomic E-state index is 13.4. The van der Waals surface area contributed by atoms with Gasteiger partial charge < -0.3 is 14.7 Å². The van der Waals surface area contributed by atoms with Gasteiger partial charge in [0.2, 0.25) is 0 Å². The summed E-state index contributed by atoms with van der Waals surface area (Å²) < 4.78 is 18.4. The Morgan fingerprint density at radius 3 is 2.38 bits per heavy atom. The number of amides is 2. The first-order valence-corrected chi connectivity index (χ1v) is 10.8. The Labute approximate surface area is 184 Å². The molecule has 2 aromatic rings. The Morgan fingerprint density at radius 2 is 1.75 bits per heavy atom. The molecule has 0 saturated heterocycles. The van der Waals surface area contributed by atoms with Gasteiger partial charge in [0.25, 0.3) is 5.91 Å². The summed E-state index contributed by atoms with van der Waals surface area (Å²) in [5.74, 6) is -1.78. The number of carboxylic acids is 1. The molecule has 0 bridgehead atoms. The van der Waals surface area contributed by atoms with E-state index in [-0.39, 0.29) is 30.0 Å². The van der Waals surface area contributed by atoms with Crippen LogP contribution >= 0.6 is 0 Å². The van der Waals surface area contributed by atoms with Gasteiger partial charge in [-0.25, -0.2) is 14.0 Å². The number of halogens is 1. The van der Waals surface area contributed by atoms with E-state index in [4.69, 9.17) is 9.84 Å². The monoisotopic (exact) mass is 438 g/mol. The molecule has 2 saturated carbocycles. The van der Waals surface area contributed by atoms with Crippen LogP contribution in [0.2, 0.25) is 0 Å². The van der Waals surface area contributed by atoms with Crippen molar-refractivity contribution < 1.29 is 28.6 Å². The predicted molar refractivity (Wildman–Crippen MR) is 113 cm³/mol. The highest BCUT2D eigenvalue weighted by Gasteiger charge is 2.54. The fourth-order valence-electron chi connectivity index (χ4n) is 4.95. The summed E-state index contributed by atoms with van der Waals surface area (Å²) in [5, 5.41) is 8.93. The molecule has 5 rings (SSSR count). The number of aliphatic carboxylic acids is 1. The van der Waals surface area contributed by atoms with Gasteiger partial charge in [0.15, 0.2) is 6.61 Å². The van der Waals surface area contributed by atoms with Gasteiger partial charge in [-0.05, 0) is 61.6 Å². The van der Waals surface area contributed by atoms with Crippen LogP contribution in [0.3, 0.4) is 0 Å². The smallest absolute Gasteiger partial charge is 0.411 e. The quantitative estimate of drug-likeness (QED) is 0.763. The summed E-state index contributed by atoms with van der Waals surface area (Å²) in [6.07, 6.45) is 2.70. The lowest BCUT2D eigenvalue weighted by atomic mass is 9.68. The van der Waals surface area contributed by atoms with Gasteiger partial charge in [0.05, 0.1) is 6.04 Å². The van der Waals surface area contributed by atoms with Crippen LogP contribution in [0.4, 0.5) is 14.9 Å². The predicted octanol–water partition coefficient (Wildman–Crippen LogP) is 3.99. The lowest BCUT2D eigenvalue weighted by molar-refractivity contribution is -0.140. The highest BCUT2D eigenvalue weighted by atomic mass is 19.1. The van der Waals surface area contributed by atoms with Crippen LogP contribution in [-0.4, -0.2) is 46.7 Å². The molecule has 1 aliphatic heterocycles. The van der Waals surface area contributed by atoms with E-state index in [0.717, 1.165) is 36.9 Å². The van der Waals surface area contributed by atoms with E-state index >= 15 is 0 Å². The third-order valence-corrected chi connectivity index (χ3v) is 6.62. The zero-order valence-electron chi connectivity index (χ0n) is 17.3. The van der Waals surface area contributed by atoms with E-state index in [1.54, 1.807) is 9.80 Å². The molecule has 0 radical (unpaired) electrons. The maximum Gasteiger partial charge on any atom is 0.411 e. The third-order valence-electron chi connectivity index (χ3n) is 6.62. The van der Waals surface area contributed by atoms with E-state index in [2.05, 4.69) is 0 Å². The van der Waals surface area contributed by atoms with E-state index in [0.29, 0.717) is 5.56 Å². The SMILES string of the molecule is O=C(O)COC(=O)N(C1CC1)[C@H]1c2ccccc2N(C(=O)c2ccc(F)cc2)[C@@H]2CC[C@@H]21. The van der Waals surface area contributed by atoms with Gasteiger partial charge in [-0.15, -0.1) is 0 Å². The average Bonchev–Trinajstić information content (AvgIpc) is 3.59. The zero-order valence-corrected chi connectivity index (χ0v) is 17.3. The number of rotatable bonds is 5. The summed E-state index contributed by atoms with van der Waals surface area (Å²) in [6.45, 7) is -0.681. The Bertz CT molecular complexity index is 1070. The van der Waals surface area contributed by atoms with Crippen molar-refractivity contribution in [1.82, 2.24) is 4.90 Å². The van der Waals surface area contributed by atoms with Crippen molar-refractivity contribution in [3.05, 3.63) is 65.5 Å². The molecule has 32 heavy (non-hydrogen) atoms. The minimum absolute atomic E-state index is 0.00921. The summed E-state index contributed by atoms with van der Waals surface area (Å²) in [4.78, 5) is 40.7. The Kier molecular flexibility index (Phi) is 5.07. The first-order chi connectivity index (χ1) is 15.5. The van der Waals surface area contributed by atoms with Crippen LogP contribution in [0.5, 0.6) is 0 Å². The Hall–Kier alpha value is -3.42. The molecule has 1 heterocycles. The van der Waals surface area contributed by atoms with Crippen molar-refractivity contribution >= 4 is 23.7 Å². The highest BCUT2D eigenvalue weighted by molar-refractivity contribution is 6.07. The number of hydrogen-bond donors (Lipinski definition) is 1. The first-order valence-electron chi connectivity index (χ1n) is 10.8. The summed E-state index contributed by atoms with van der Waals surface area (Å²) >= 11 is 0. The van der Waals surface area contributed by atoms with Crippen LogP contribution in [-0.2, 0) is 9.53 Å². The Morgan fingerprint density at radius 1 is 1.03 bits per heavy atom. The molecular formula is C24H23FN2O5. The lowest BCUT2D eigenvalue weighted by Crippen LogP contribution is -2.59. The van der Waals surface area contributed by atoms with Gasteiger partial charge in [-0.3, -0.25) is 9.69 Å². The van der Waals surface area contributed by atoms with Gasteiger partial charge >= 0.3 is 12.1 Å².